The number of hydrogen-bond acceptors (Lipinski definition) is 5. The number of para-hydroxylation sites is 1. The second-order valence-electron chi connectivity index (χ2n) is 4.97. The van der Waals surface area contributed by atoms with Crippen molar-refractivity contribution in [3.63, 3.8) is 0 Å². The first-order chi connectivity index (χ1) is 11.6. The van der Waals surface area contributed by atoms with Gasteiger partial charge in [-0.05, 0) is 24.3 Å². The van der Waals surface area contributed by atoms with Crippen molar-refractivity contribution in [1.29, 1.82) is 0 Å². The van der Waals surface area contributed by atoms with Gasteiger partial charge in [0.25, 0.3) is 5.91 Å². The van der Waals surface area contributed by atoms with Crippen LogP contribution in [0.25, 0.3) is 11.0 Å². The highest BCUT2D eigenvalue weighted by molar-refractivity contribution is 6.08. The summed E-state index contributed by atoms with van der Waals surface area (Å²) in [6.45, 7) is 0. The fraction of sp³-hybridized carbons (Fsp3) is 0.0556. The second kappa shape index (κ2) is 6.37. The molecule has 1 aromatic heterocycles. The second-order valence-corrected chi connectivity index (χ2v) is 4.97. The smallest absolute Gasteiger partial charge is 0.374 e. The molecular weight excluding hydrogens is 310 g/mol. The van der Waals surface area contributed by atoms with Crippen molar-refractivity contribution in [2.75, 3.05) is 12.4 Å². The molecule has 6 heteroatoms. The first-order valence-corrected chi connectivity index (χ1v) is 7.12. The highest BCUT2D eigenvalue weighted by Gasteiger charge is 2.16. The largest absolute Gasteiger partial charge is 0.463 e. The van der Waals surface area contributed by atoms with Gasteiger partial charge in [-0.1, -0.05) is 24.3 Å². The van der Waals surface area contributed by atoms with Crippen molar-refractivity contribution in [2.45, 2.75) is 0 Å². The van der Waals surface area contributed by atoms with E-state index in [1.165, 1.54) is 7.11 Å². The van der Waals surface area contributed by atoms with Crippen LogP contribution >= 0.6 is 0 Å². The van der Waals surface area contributed by atoms with Crippen LogP contribution in [0.3, 0.4) is 0 Å². The molecule has 0 aliphatic rings. The van der Waals surface area contributed by atoms with Gasteiger partial charge >= 0.3 is 5.97 Å². The molecule has 0 atom stereocenters. The highest BCUT2D eigenvalue weighted by atomic mass is 16.5. The molecule has 1 amide bonds. The molecule has 1 heterocycles. The van der Waals surface area contributed by atoms with E-state index >= 15 is 0 Å². The number of hydrogen-bond donors (Lipinski definition) is 1. The number of amides is 1. The Bertz CT molecular complexity index is 976. The third-order valence-corrected chi connectivity index (χ3v) is 3.43. The molecule has 0 radical (unpaired) electrons. The van der Waals surface area contributed by atoms with Crippen LogP contribution in [0.2, 0.25) is 0 Å². The summed E-state index contributed by atoms with van der Waals surface area (Å²) in [5.74, 6) is -1.34. The minimum atomic E-state index is -0.766. The number of carbonyl (C=O) groups excluding carboxylic acids is 2. The van der Waals surface area contributed by atoms with Crippen LogP contribution in [0, 0.1) is 0 Å². The Hall–Kier alpha value is -3.41. The van der Waals surface area contributed by atoms with Gasteiger partial charge in [0.15, 0.2) is 11.0 Å². The van der Waals surface area contributed by atoms with Crippen LogP contribution < -0.4 is 10.7 Å². The molecule has 24 heavy (non-hydrogen) atoms. The lowest BCUT2D eigenvalue weighted by atomic mass is 10.1. The molecule has 1 N–H and O–H groups in total. The maximum absolute atomic E-state index is 12.3. The quantitative estimate of drug-likeness (QED) is 0.749. The zero-order valence-electron chi connectivity index (χ0n) is 12.7. The van der Waals surface area contributed by atoms with E-state index in [9.17, 15) is 14.4 Å². The first kappa shape index (κ1) is 15.5. The molecule has 0 spiro atoms. The summed E-state index contributed by atoms with van der Waals surface area (Å²) in [5, 5.41) is 2.95. The molecule has 0 unspecified atom stereocenters. The molecule has 2 aromatic carbocycles. The summed E-state index contributed by atoms with van der Waals surface area (Å²) in [7, 11) is 1.19. The standard InChI is InChI=1S/C18H13NO5/c1-23-18(22)15-10-14(20)12-8-5-9-13(16(12)24-15)19-17(21)11-6-3-2-4-7-11/h2-10H,1H3,(H,19,21). The molecule has 0 bridgehead atoms. The number of ether oxygens (including phenoxy) is 1. The monoisotopic (exact) mass is 323 g/mol. The van der Waals surface area contributed by atoms with Crippen molar-refractivity contribution in [3.05, 3.63) is 76.1 Å². The van der Waals surface area contributed by atoms with E-state index in [0.717, 1.165) is 6.07 Å². The zero-order chi connectivity index (χ0) is 17.1. The minimum absolute atomic E-state index is 0.120. The van der Waals surface area contributed by atoms with E-state index in [-0.39, 0.29) is 22.6 Å². The van der Waals surface area contributed by atoms with Crippen molar-refractivity contribution < 1.29 is 18.7 Å². The summed E-state index contributed by atoms with van der Waals surface area (Å²) in [6.07, 6.45) is 0. The number of fused-ring (bicyclic) bond motifs is 1. The number of anilines is 1. The van der Waals surface area contributed by atoms with Gasteiger partial charge in [0.1, 0.15) is 0 Å². The molecule has 0 fully saturated rings. The third kappa shape index (κ3) is 2.89. The third-order valence-electron chi connectivity index (χ3n) is 3.43. The van der Waals surface area contributed by atoms with Crippen LogP contribution in [-0.2, 0) is 4.74 Å². The highest BCUT2D eigenvalue weighted by Crippen LogP contribution is 2.23. The van der Waals surface area contributed by atoms with Crippen molar-refractivity contribution >= 4 is 28.5 Å². The van der Waals surface area contributed by atoms with Crippen LogP contribution in [-0.4, -0.2) is 19.0 Å². The Morgan fingerprint density at radius 1 is 1.04 bits per heavy atom. The molecule has 0 aliphatic heterocycles. The molecule has 0 aliphatic carbocycles. The van der Waals surface area contributed by atoms with Crippen LogP contribution in [0.4, 0.5) is 5.69 Å². The van der Waals surface area contributed by atoms with E-state index < -0.39 is 11.4 Å². The maximum Gasteiger partial charge on any atom is 0.374 e. The van der Waals surface area contributed by atoms with Gasteiger partial charge in [0, 0.05) is 11.6 Å². The van der Waals surface area contributed by atoms with E-state index in [2.05, 4.69) is 10.1 Å². The van der Waals surface area contributed by atoms with Gasteiger partial charge in [-0.3, -0.25) is 9.59 Å². The van der Waals surface area contributed by atoms with Gasteiger partial charge in [-0.15, -0.1) is 0 Å². The lowest BCUT2D eigenvalue weighted by Crippen LogP contribution is -2.13. The minimum Gasteiger partial charge on any atom is -0.463 e. The van der Waals surface area contributed by atoms with E-state index in [1.807, 2.05) is 0 Å². The van der Waals surface area contributed by atoms with E-state index in [1.54, 1.807) is 48.5 Å². The summed E-state index contributed by atoms with van der Waals surface area (Å²) in [5.41, 5.74) is 0.479. The summed E-state index contributed by atoms with van der Waals surface area (Å²) in [4.78, 5) is 36.1. The summed E-state index contributed by atoms with van der Waals surface area (Å²) < 4.78 is 10.0. The SMILES string of the molecule is COC(=O)c1cc(=O)c2cccc(NC(=O)c3ccccc3)c2o1. The molecule has 0 saturated heterocycles. The van der Waals surface area contributed by atoms with Gasteiger partial charge in [0.2, 0.25) is 5.76 Å². The van der Waals surface area contributed by atoms with Crippen LogP contribution in [0.5, 0.6) is 0 Å². The first-order valence-electron chi connectivity index (χ1n) is 7.12. The number of carbonyl (C=O) groups is 2. The maximum atomic E-state index is 12.3. The Kier molecular flexibility index (Phi) is 4.11. The summed E-state index contributed by atoms with van der Waals surface area (Å²) >= 11 is 0. The van der Waals surface area contributed by atoms with Crippen LogP contribution in [0.1, 0.15) is 20.9 Å². The normalized spacial score (nSPS) is 10.4. The lowest BCUT2D eigenvalue weighted by Gasteiger charge is -2.08. The van der Waals surface area contributed by atoms with E-state index in [0.29, 0.717) is 11.3 Å². The van der Waals surface area contributed by atoms with Crippen molar-refractivity contribution in [3.8, 4) is 0 Å². The average molecular weight is 323 g/mol. The molecule has 3 rings (SSSR count). The molecule has 3 aromatic rings. The predicted octanol–water partition coefficient (Wildman–Crippen LogP) is 2.83. The van der Waals surface area contributed by atoms with E-state index in [4.69, 9.17) is 4.42 Å². The van der Waals surface area contributed by atoms with Gasteiger partial charge in [-0.25, -0.2) is 4.79 Å². The van der Waals surface area contributed by atoms with Crippen LogP contribution in [0.15, 0.2) is 63.8 Å². The fourth-order valence-corrected chi connectivity index (χ4v) is 2.26. The van der Waals surface area contributed by atoms with Crippen molar-refractivity contribution in [2.24, 2.45) is 0 Å². The van der Waals surface area contributed by atoms with Gasteiger partial charge in [-0.2, -0.15) is 0 Å². The Labute approximate surface area is 136 Å². The number of nitrogens with one attached hydrogen (secondary N) is 1. The molecule has 0 saturated carbocycles. The van der Waals surface area contributed by atoms with Crippen molar-refractivity contribution in [1.82, 2.24) is 0 Å². The topological polar surface area (TPSA) is 85.6 Å². The summed E-state index contributed by atoms with van der Waals surface area (Å²) in [6, 6.07) is 14.5. The lowest BCUT2D eigenvalue weighted by molar-refractivity contribution is 0.0565. The number of methoxy groups -OCH3 is 1. The molecule has 120 valence electrons. The molecule has 6 nitrogen and oxygen atoms in total. The van der Waals surface area contributed by atoms with Gasteiger partial charge in [0.05, 0.1) is 18.2 Å². The fourth-order valence-electron chi connectivity index (χ4n) is 2.26. The number of benzene rings is 2. The Balaban J connectivity index is 2.08. The Morgan fingerprint density at radius 3 is 2.50 bits per heavy atom. The number of esters is 1. The molecular formula is C18H13NO5. The zero-order valence-corrected chi connectivity index (χ0v) is 12.7. The average Bonchev–Trinajstić information content (AvgIpc) is 2.62. The van der Waals surface area contributed by atoms with Gasteiger partial charge < -0.3 is 14.5 Å². The Morgan fingerprint density at radius 2 is 1.79 bits per heavy atom. The predicted molar refractivity (Wildman–Crippen MR) is 88.2 cm³/mol. The number of rotatable bonds is 3.